The number of rotatable bonds is 5. The van der Waals surface area contributed by atoms with Crippen molar-refractivity contribution in [1.82, 2.24) is 20.1 Å². The van der Waals surface area contributed by atoms with Gasteiger partial charge in [0.2, 0.25) is 5.91 Å². The van der Waals surface area contributed by atoms with Gasteiger partial charge in [0, 0.05) is 28.4 Å². The van der Waals surface area contributed by atoms with Crippen molar-refractivity contribution < 1.29 is 4.79 Å². The summed E-state index contributed by atoms with van der Waals surface area (Å²) < 4.78 is 3.43. The molecule has 8 heteroatoms. The van der Waals surface area contributed by atoms with Gasteiger partial charge >= 0.3 is 0 Å². The van der Waals surface area contributed by atoms with Gasteiger partial charge in [-0.3, -0.25) is 14.5 Å². The number of likely N-dealkylation sites (N-methyl/N-ethyl adjacent to an activating group) is 1. The van der Waals surface area contributed by atoms with E-state index >= 15 is 0 Å². The van der Waals surface area contributed by atoms with Gasteiger partial charge in [0.05, 0.1) is 24.1 Å². The number of aromatic nitrogens is 3. The van der Waals surface area contributed by atoms with Crippen LogP contribution >= 0.6 is 31.9 Å². The second-order valence-electron chi connectivity index (χ2n) is 4.04. The van der Waals surface area contributed by atoms with Gasteiger partial charge in [0.1, 0.15) is 6.54 Å². The first-order chi connectivity index (χ1) is 9.58. The quantitative estimate of drug-likeness (QED) is 0.803. The average Bonchev–Trinajstić information content (AvgIpc) is 2.85. The number of carbonyl (C=O) groups excluding carboxylic acids is 1. The summed E-state index contributed by atoms with van der Waals surface area (Å²) in [7, 11) is 1.60. The van der Waals surface area contributed by atoms with Crippen molar-refractivity contribution in [3.63, 3.8) is 0 Å². The minimum Gasteiger partial charge on any atom is -0.377 e. The molecule has 2 aromatic rings. The molecule has 0 spiro atoms. The Balaban J connectivity index is 1.95. The molecule has 2 heterocycles. The standard InChI is InChI=1S/C12H13Br2N5O/c1-15-12(20)7-19-6-9(4-18-19)16-5-11-10(14)2-8(13)3-17-11/h2-4,6,16H,5,7H2,1H3,(H,15,20). The first kappa shape index (κ1) is 15.0. The number of hydrogen-bond acceptors (Lipinski definition) is 4. The second-order valence-corrected chi connectivity index (χ2v) is 5.81. The van der Waals surface area contributed by atoms with Crippen LogP contribution in [0.3, 0.4) is 0 Å². The molecule has 0 aliphatic rings. The highest BCUT2D eigenvalue weighted by Crippen LogP contribution is 2.20. The van der Waals surface area contributed by atoms with Crippen LogP contribution in [0.25, 0.3) is 0 Å². The number of hydrogen-bond donors (Lipinski definition) is 2. The van der Waals surface area contributed by atoms with E-state index in [0.717, 1.165) is 20.3 Å². The predicted molar refractivity (Wildman–Crippen MR) is 83.3 cm³/mol. The molecule has 20 heavy (non-hydrogen) atoms. The highest BCUT2D eigenvalue weighted by atomic mass is 79.9. The smallest absolute Gasteiger partial charge is 0.241 e. The van der Waals surface area contributed by atoms with E-state index < -0.39 is 0 Å². The van der Waals surface area contributed by atoms with Crippen LogP contribution in [-0.4, -0.2) is 27.7 Å². The summed E-state index contributed by atoms with van der Waals surface area (Å²) in [5.74, 6) is -0.0861. The summed E-state index contributed by atoms with van der Waals surface area (Å²) in [5, 5.41) is 9.87. The number of anilines is 1. The summed E-state index contributed by atoms with van der Waals surface area (Å²) in [6.45, 7) is 0.776. The Bertz CT molecular complexity index is 614. The normalized spacial score (nSPS) is 10.3. The van der Waals surface area contributed by atoms with Crippen molar-refractivity contribution >= 4 is 43.5 Å². The van der Waals surface area contributed by atoms with E-state index in [-0.39, 0.29) is 12.5 Å². The minimum absolute atomic E-state index is 0.0861. The summed E-state index contributed by atoms with van der Waals surface area (Å²) in [4.78, 5) is 15.5. The Hall–Kier alpha value is -1.41. The maximum Gasteiger partial charge on any atom is 0.241 e. The molecule has 0 radical (unpaired) electrons. The van der Waals surface area contributed by atoms with Crippen LogP contribution in [-0.2, 0) is 17.9 Å². The molecule has 6 nitrogen and oxygen atoms in total. The van der Waals surface area contributed by atoms with Crippen LogP contribution in [0.15, 0.2) is 33.6 Å². The van der Waals surface area contributed by atoms with Gasteiger partial charge in [-0.25, -0.2) is 0 Å². The number of halogens is 2. The highest BCUT2D eigenvalue weighted by Gasteiger charge is 2.05. The molecule has 0 saturated carbocycles. The van der Waals surface area contributed by atoms with Crippen LogP contribution in [0.1, 0.15) is 5.69 Å². The molecule has 0 aliphatic heterocycles. The van der Waals surface area contributed by atoms with E-state index in [9.17, 15) is 4.79 Å². The molecular weight excluding hydrogens is 390 g/mol. The lowest BCUT2D eigenvalue weighted by molar-refractivity contribution is -0.121. The van der Waals surface area contributed by atoms with Crippen molar-refractivity contribution in [2.24, 2.45) is 0 Å². The fraction of sp³-hybridized carbons (Fsp3) is 0.250. The third-order valence-electron chi connectivity index (χ3n) is 2.56. The van der Waals surface area contributed by atoms with Crippen LogP contribution in [0.2, 0.25) is 0 Å². The van der Waals surface area contributed by atoms with Crippen molar-refractivity contribution in [2.45, 2.75) is 13.1 Å². The zero-order valence-corrected chi connectivity index (χ0v) is 13.9. The maximum absolute atomic E-state index is 11.2. The largest absolute Gasteiger partial charge is 0.377 e. The number of nitrogens with zero attached hydrogens (tertiary/aromatic N) is 3. The molecule has 0 unspecified atom stereocenters. The molecule has 2 N–H and O–H groups in total. The van der Waals surface area contributed by atoms with Crippen molar-refractivity contribution in [3.8, 4) is 0 Å². The Morgan fingerprint density at radius 2 is 2.20 bits per heavy atom. The van der Waals surface area contributed by atoms with Crippen LogP contribution in [0.4, 0.5) is 5.69 Å². The minimum atomic E-state index is -0.0861. The zero-order chi connectivity index (χ0) is 14.5. The molecule has 0 saturated heterocycles. The third kappa shape index (κ3) is 4.04. The zero-order valence-electron chi connectivity index (χ0n) is 10.7. The molecule has 0 atom stereocenters. The van der Waals surface area contributed by atoms with Crippen molar-refractivity contribution in [2.75, 3.05) is 12.4 Å². The van der Waals surface area contributed by atoms with Crippen LogP contribution < -0.4 is 10.6 Å². The molecular formula is C12H13Br2N5O. The van der Waals surface area contributed by atoms with Crippen LogP contribution in [0.5, 0.6) is 0 Å². The third-order valence-corrected chi connectivity index (χ3v) is 3.68. The van der Waals surface area contributed by atoms with Gasteiger partial charge in [0.25, 0.3) is 0 Å². The fourth-order valence-electron chi connectivity index (χ4n) is 1.53. The van der Waals surface area contributed by atoms with Gasteiger partial charge in [-0.05, 0) is 37.9 Å². The molecule has 1 amide bonds. The lowest BCUT2D eigenvalue weighted by Crippen LogP contribution is -2.23. The van der Waals surface area contributed by atoms with E-state index in [0.29, 0.717) is 6.54 Å². The van der Waals surface area contributed by atoms with Crippen molar-refractivity contribution in [1.29, 1.82) is 0 Å². The Kier molecular flexibility index (Phi) is 5.13. The van der Waals surface area contributed by atoms with Gasteiger partial charge < -0.3 is 10.6 Å². The van der Waals surface area contributed by atoms with E-state index in [1.807, 2.05) is 6.07 Å². The van der Waals surface area contributed by atoms with E-state index in [1.165, 1.54) is 0 Å². The monoisotopic (exact) mass is 401 g/mol. The summed E-state index contributed by atoms with van der Waals surface area (Å²) >= 11 is 6.82. The molecule has 0 bridgehead atoms. The van der Waals surface area contributed by atoms with Gasteiger partial charge in [0.15, 0.2) is 0 Å². The number of pyridine rings is 1. The molecule has 2 aromatic heterocycles. The fourth-order valence-corrected chi connectivity index (χ4v) is 2.65. The summed E-state index contributed by atoms with van der Waals surface area (Å²) in [6, 6.07) is 1.94. The summed E-state index contributed by atoms with van der Waals surface area (Å²) in [5.41, 5.74) is 1.73. The Labute approximate surface area is 133 Å². The van der Waals surface area contributed by atoms with E-state index in [1.54, 1.807) is 30.3 Å². The molecule has 106 valence electrons. The highest BCUT2D eigenvalue weighted by molar-refractivity contribution is 9.11. The average molecular weight is 403 g/mol. The molecule has 0 fully saturated rings. The summed E-state index contributed by atoms with van der Waals surface area (Å²) in [6.07, 6.45) is 5.20. The predicted octanol–water partition coefficient (Wildman–Crippen LogP) is 2.16. The Morgan fingerprint density at radius 3 is 2.90 bits per heavy atom. The maximum atomic E-state index is 11.2. The lowest BCUT2D eigenvalue weighted by Gasteiger charge is -2.05. The van der Waals surface area contributed by atoms with Gasteiger partial charge in [-0.1, -0.05) is 0 Å². The molecule has 0 aliphatic carbocycles. The van der Waals surface area contributed by atoms with Gasteiger partial charge in [-0.15, -0.1) is 0 Å². The van der Waals surface area contributed by atoms with E-state index in [2.05, 4.69) is 52.6 Å². The SMILES string of the molecule is CNC(=O)Cn1cc(NCc2ncc(Br)cc2Br)cn1. The van der Waals surface area contributed by atoms with Gasteiger partial charge in [-0.2, -0.15) is 5.10 Å². The van der Waals surface area contributed by atoms with Crippen molar-refractivity contribution in [3.05, 3.63) is 39.3 Å². The first-order valence-corrected chi connectivity index (χ1v) is 7.44. The molecule has 2 rings (SSSR count). The van der Waals surface area contributed by atoms with E-state index in [4.69, 9.17) is 0 Å². The molecule has 0 aromatic carbocycles. The lowest BCUT2D eigenvalue weighted by atomic mass is 10.3. The number of nitrogens with one attached hydrogen (secondary N) is 2. The topological polar surface area (TPSA) is 71.8 Å². The number of carbonyl (C=O) groups is 1. The number of amides is 1. The first-order valence-electron chi connectivity index (χ1n) is 5.85. The second kappa shape index (κ2) is 6.85. The Morgan fingerprint density at radius 1 is 1.40 bits per heavy atom. The van der Waals surface area contributed by atoms with Crippen LogP contribution in [0, 0.1) is 0 Å².